The van der Waals surface area contributed by atoms with E-state index in [9.17, 15) is 38.4 Å². The predicted octanol–water partition coefficient (Wildman–Crippen LogP) is 19.1. The molecule has 0 aromatic carbocycles. The fourth-order valence-electron chi connectivity index (χ4n) is 15.4. The summed E-state index contributed by atoms with van der Waals surface area (Å²) in [6.07, 6.45) is 81.3. The molecule has 0 aromatic heterocycles. The number of rotatable bonds is 89. The smallest absolute Gasteiger partial charge is 0.338 e. The van der Waals surface area contributed by atoms with Gasteiger partial charge in [-0.25, -0.2) is 0 Å². The summed E-state index contributed by atoms with van der Waals surface area (Å²) in [6, 6.07) is -1.46. The van der Waals surface area contributed by atoms with E-state index in [1.54, 1.807) is 0 Å². The molecule has 0 radical (unpaired) electrons. The molecule has 0 aromatic rings. The zero-order valence-electron chi connectivity index (χ0n) is 81.7. The molecule has 22 heteroatoms. The van der Waals surface area contributed by atoms with Crippen molar-refractivity contribution >= 4 is 64.6 Å². The molecule has 0 rings (SSSR count). The molecular formula is C101H204N14O8+2. The quantitative estimate of drug-likeness (QED) is 0.0153. The minimum Gasteiger partial charge on any atom is -0.370 e. The molecule has 4 atom stereocenters. The molecule has 0 spiro atoms. The van der Waals surface area contributed by atoms with Crippen LogP contribution in [0.2, 0.25) is 0 Å². The lowest BCUT2D eigenvalue weighted by atomic mass is 10.00. The van der Waals surface area contributed by atoms with Crippen molar-refractivity contribution in [3.63, 3.8) is 0 Å². The number of nitrogens with zero attached hydrogens (tertiary/aromatic N) is 1. The van der Waals surface area contributed by atoms with Crippen LogP contribution in [0.4, 0.5) is 0 Å². The van der Waals surface area contributed by atoms with E-state index in [2.05, 4.69) is 70.9 Å². The number of Topliss-reactive ketones (excluding diaryl/α,β-unsaturated/α-hetero) is 4. The second kappa shape index (κ2) is 100. The molecule has 724 valence electrons. The minimum atomic E-state index is -0.394. The maximum Gasteiger partial charge on any atom is 0.338 e. The molecule has 0 saturated heterocycles. The van der Waals surface area contributed by atoms with Gasteiger partial charge in [-0.2, -0.15) is 0 Å². The zero-order valence-corrected chi connectivity index (χ0v) is 81.7. The van der Waals surface area contributed by atoms with E-state index >= 15 is 0 Å². The number of nitrogens with one attached hydrogen (secondary N) is 6. The van der Waals surface area contributed by atoms with E-state index in [0.29, 0.717) is 96.8 Å². The van der Waals surface area contributed by atoms with E-state index in [1.807, 2.05) is 20.8 Å². The van der Waals surface area contributed by atoms with Crippen LogP contribution in [0.3, 0.4) is 0 Å². The second-order valence-electron chi connectivity index (χ2n) is 35.5. The topological polar surface area (TPSA) is 407 Å². The van der Waals surface area contributed by atoms with Crippen LogP contribution < -0.4 is 71.4 Å². The monoisotopic (exact) mass is 1740 g/mol. The molecule has 4 unspecified atom stereocenters. The predicted molar refractivity (Wildman–Crippen MR) is 523 cm³/mol. The maximum atomic E-state index is 12.8. The lowest BCUT2D eigenvalue weighted by Gasteiger charge is -2.17. The maximum absolute atomic E-state index is 12.8. The lowest BCUT2D eigenvalue weighted by Crippen LogP contribution is -2.78. The van der Waals surface area contributed by atoms with E-state index in [4.69, 9.17) is 40.1 Å². The van der Waals surface area contributed by atoms with Crippen molar-refractivity contribution in [3.8, 4) is 0 Å². The highest BCUT2D eigenvalue weighted by Crippen LogP contribution is 2.20. The molecule has 0 heterocycles. The van der Waals surface area contributed by atoms with Gasteiger partial charge in [0.05, 0.1) is 37.3 Å². The Morgan fingerprint density at radius 3 is 0.626 bits per heavy atom. The van der Waals surface area contributed by atoms with Crippen LogP contribution >= 0.6 is 0 Å². The van der Waals surface area contributed by atoms with Gasteiger partial charge in [0.25, 0.3) is 0 Å². The van der Waals surface area contributed by atoms with Crippen molar-refractivity contribution in [1.29, 1.82) is 0 Å². The van der Waals surface area contributed by atoms with Gasteiger partial charge in [0.15, 0.2) is 29.1 Å². The summed E-state index contributed by atoms with van der Waals surface area (Å²) in [4.78, 5) is 108. The third-order valence-electron chi connectivity index (χ3n) is 23.1. The van der Waals surface area contributed by atoms with Crippen molar-refractivity contribution in [2.75, 3.05) is 26.2 Å². The summed E-state index contributed by atoms with van der Waals surface area (Å²) < 4.78 is 0. The number of hydrogen-bond acceptors (Lipinski definition) is 10. The van der Waals surface area contributed by atoms with E-state index in [1.165, 1.54) is 276 Å². The average Bonchev–Trinajstić information content (AvgIpc) is 0.940. The van der Waals surface area contributed by atoms with E-state index in [-0.39, 0.29) is 76.7 Å². The van der Waals surface area contributed by atoms with Gasteiger partial charge in [-0.05, 0) is 122 Å². The number of unbranched alkanes of at least 4 members (excludes halogenated alkanes) is 50. The van der Waals surface area contributed by atoms with Crippen LogP contribution in [0.5, 0.6) is 0 Å². The van der Waals surface area contributed by atoms with Crippen LogP contribution in [0.25, 0.3) is 0 Å². The molecule has 22 nitrogen and oxygen atoms in total. The van der Waals surface area contributed by atoms with Crippen molar-refractivity contribution < 1.29 is 48.3 Å². The highest BCUT2D eigenvalue weighted by molar-refractivity contribution is 5.91. The fourth-order valence-corrected chi connectivity index (χ4v) is 15.4. The number of nitrogens with two attached hydrogens (primary N) is 7. The Hall–Kier alpha value is -5.67. The Morgan fingerprint density at radius 1 is 0.228 bits per heavy atom. The minimum absolute atomic E-state index is 0.00150. The number of guanidine groups is 3. The summed E-state index contributed by atoms with van der Waals surface area (Å²) in [5.41, 5.74) is 37.8. The summed E-state index contributed by atoms with van der Waals surface area (Å²) in [5, 5.41) is 11.9. The van der Waals surface area contributed by atoms with Crippen molar-refractivity contribution in [3.05, 3.63) is 0 Å². The molecule has 0 saturated carbocycles. The van der Waals surface area contributed by atoms with Gasteiger partial charge in [0, 0.05) is 57.9 Å². The Labute approximate surface area is 756 Å². The molecule has 0 aliphatic carbocycles. The highest BCUT2D eigenvalue weighted by Gasteiger charge is 2.24. The molecule has 20 N–H and O–H groups in total. The van der Waals surface area contributed by atoms with Gasteiger partial charge in [-0.1, -0.05) is 364 Å². The molecule has 123 heavy (non-hydrogen) atoms. The number of ketones is 4. The number of carbonyl (C=O) groups excluding carboxylic acids is 8. The van der Waals surface area contributed by atoms with Crippen LogP contribution in [-0.2, 0) is 38.4 Å². The number of amides is 4. The first-order chi connectivity index (χ1) is 59.7. The van der Waals surface area contributed by atoms with Crippen molar-refractivity contribution in [2.45, 2.75) is 555 Å². The fraction of sp³-hybridized carbons (Fsp3) is 0.891. The summed E-state index contributed by atoms with van der Waals surface area (Å²) in [5.74, 6) is 1.08. The van der Waals surface area contributed by atoms with Gasteiger partial charge in [-0.15, -0.1) is 0 Å². The molecule has 0 bridgehead atoms. The Morgan fingerprint density at radius 2 is 0.423 bits per heavy atom. The van der Waals surface area contributed by atoms with Gasteiger partial charge in [0.1, 0.15) is 0 Å². The SMILES string of the molecule is CCCCCCCCCCCC(=O)NC(CCCCN)C(=O)CCC.CCCCCCCCCCCC(=O)NC(CCCCN=C(N)N)C(=O)CCC.CCCCCCCCCCCCCCCCCC(=O)NC(CCC[NH+]=C(N)N)C(=O)CCC.CCCCCCCCCCCCCCCCCC(=O)NC(CCC[NH+]=C(N)N)C(=O)CCCCCCC. The lowest BCUT2D eigenvalue weighted by molar-refractivity contribution is -0.460. The number of carbonyl (C=O) groups is 8. The van der Waals surface area contributed by atoms with Crippen molar-refractivity contribution in [2.24, 2.45) is 45.1 Å². The second-order valence-corrected chi connectivity index (χ2v) is 35.5. The van der Waals surface area contributed by atoms with E-state index in [0.717, 1.165) is 128 Å². The molecule has 4 amide bonds. The Bertz CT molecular complexity index is 2490. The largest absolute Gasteiger partial charge is 0.370 e. The van der Waals surface area contributed by atoms with Gasteiger partial charge >= 0.3 is 11.9 Å². The van der Waals surface area contributed by atoms with Crippen molar-refractivity contribution in [1.82, 2.24) is 21.3 Å². The highest BCUT2D eigenvalue weighted by atomic mass is 16.2. The molecular weight excluding hydrogens is 1540 g/mol. The summed E-state index contributed by atoms with van der Waals surface area (Å²) >= 11 is 0. The summed E-state index contributed by atoms with van der Waals surface area (Å²) in [7, 11) is 0. The molecule has 0 fully saturated rings. The van der Waals surface area contributed by atoms with Crippen LogP contribution in [0, 0.1) is 0 Å². The number of aliphatic imine (C=N–C) groups is 1. The third kappa shape index (κ3) is 96.8. The average molecular weight is 1740 g/mol. The number of hydrogen-bond donors (Lipinski definition) is 13. The standard InChI is InChI=1S/C31H62N4O2.C27H54N4O2.C22H44N4O2.C21H42N2O2/c1-3-5-7-9-10-11-12-13-14-15-16-17-18-20-22-26-30(37)35-28(24-23-27-34-31(32)33)29(36)25-21-19-8-6-4-2;1-3-5-6-7-8-9-10-11-12-13-14-15-16-17-18-22-26(33)31-24(25(32)20-4-2)21-19-23-30-27(28)29;1-3-5-6-7-8-9-10-11-12-17-21(28)26-19(20(27)15-4-2)16-13-14-18-25-22(23)24;1-3-5-6-7-8-9-10-11-12-17-21(25)23-19(16-13-14-18-22)20(24)15-4-2/h28H,3-27H2,1-2H3,(H,35,37)(H4,32,33,34);24H,3-23H2,1-2H3,(H,31,33)(H4,28,29,30);19H,3-18H2,1-2H3,(H,26,28)(H4,23,24,25);19H,3-18,22H2,1-2H3,(H,23,25)/p+2. The van der Waals surface area contributed by atoms with Crippen LogP contribution in [-0.4, -0.2) is 115 Å². The molecule has 0 aliphatic rings. The van der Waals surface area contributed by atoms with Gasteiger partial charge in [0.2, 0.25) is 23.6 Å². The summed E-state index contributed by atoms with van der Waals surface area (Å²) in [6.45, 7) is 19.6. The molecule has 0 aliphatic heterocycles. The normalized spacial score (nSPS) is 11.9. The van der Waals surface area contributed by atoms with Gasteiger partial charge < -0.3 is 38.5 Å². The van der Waals surface area contributed by atoms with E-state index < -0.39 is 12.1 Å². The van der Waals surface area contributed by atoms with Crippen LogP contribution in [0.15, 0.2) is 4.99 Å². The third-order valence-corrected chi connectivity index (χ3v) is 23.1. The zero-order chi connectivity index (χ0) is 91.8. The Balaban J connectivity index is -0.000000775. The van der Waals surface area contributed by atoms with Gasteiger partial charge in [-0.3, -0.25) is 76.3 Å². The Kier molecular flexibility index (Phi) is 101. The first-order valence-electron chi connectivity index (χ1n) is 51.9. The first-order valence-corrected chi connectivity index (χ1v) is 51.9. The first kappa shape index (κ1) is 124. The van der Waals surface area contributed by atoms with Crippen LogP contribution in [0.1, 0.15) is 531 Å².